The van der Waals surface area contributed by atoms with Gasteiger partial charge < -0.3 is 0 Å². The van der Waals surface area contributed by atoms with E-state index in [2.05, 4.69) is 13.8 Å². The van der Waals surface area contributed by atoms with Gasteiger partial charge in [-0.1, -0.05) is 26.7 Å². The quantitative estimate of drug-likeness (QED) is 0.515. The molecule has 0 aromatic rings. The van der Waals surface area contributed by atoms with Crippen molar-refractivity contribution in [2.75, 3.05) is 0 Å². The Morgan fingerprint density at radius 2 is 1.38 bits per heavy atom. The van der Waals surface area contributed by atoms with Crippen molar-refractivity contribution >= 4 is 0 Å². The van der Waals surface area contributed by atoms with E-state index in [9.17, 15) is 0 Å². The molecule has 1 fully saturated rings. The molecule has 0 bridgehead atoms. The minimum Gasteiger partial charge on any atom is -0.0651 e. The van der Waals surface area contributed by atoms with Crippen molar-refractivity contribution in [3.8, 4) is 0 Å². The molecule has 1 aliphatic rings. The zero-order valence-corrected chi connectivity index (χ0v) is 5.98. The molecule has 2 atom stereocenters. The summed E-state index contributed by atoms with van der Waals surface area (Å²) in [4.78, 5) is 0. The van der Waals surface area contributed by atoms with E-state index in [1.54, 1.807) is 0 Å². The molecular weight excluding hydrogens is 96.1 g/mol. The lowest BCUT2D eigenvalue weighted by atomic mass is 9.71. The highest BCUT2D eigenvalue weighted by atomic mass is 14.3. The summed E-state index contributed by atoms with van der Waals surface area (Å²) in [5.74, 6) is 2.19. The largest absolute Gasteiger partial charge is 0.0651 e. The summed E-state index contributed by atoms with van der Waals surface area (Å²) in [6.07, 6.45) is 5.85. The van der Waals surface area contributed by atoms with Gasteiger partial charge in [-0.3, -0.25) is 0 Å². The molecule has 0 heterocycles. The summed E-state index contributed by atoms with van der Waals surface area (Å²) in [5.41, 5.74) is 0. The summed E-state index contributed by atoms with van der Waals surface area (Å²) in [5, 5.41) is 0. The molecule has 8 heavy (non-hydrogen) atoms. The zero-order chi connectivity index (χ0) is 5.98. The van der Waals surface area contributed by atoms with Crippen molar-refractivity contribution in [1.82, 2.24) is 0 Å². The lowest BCUT2D eigenvalue weighted by Gasteiger charge is -2.35. The average molecular weight is 112 g/mol. The van der Waals surface area contributed by atoms with Crippen molar-refractivity contribution in [2.45, 2.75) is 39.5 Å². The molecule has 0 aliphatic heterocycles. The molecule has 0 unspecified atom stereocenters. The van der Waals surface area contributed by atoms with Crippen LogP contribution in [0.15, 0.2) is 0 Å². The minimum atomic E-state index is 1.10. The summed E-state index contributed by atoms with van der Waals surface area (Å²) >= 11 is 0. The van der Waals surface area contributed by atoms with E-state index < -0.39 is 0 Å². The Bertz CT molecular complexity index is 52.4. The van der Waals surface area contributed by atoms with Crippen LogP contribution in [-0.2, 0) is 0 Å². The third-order valence-electron chi connectivity index (χ3n) is 2.62. The fourth-order valence-electron chi connectivity index (χ4n) is 1.71. The van der Waals surface area contributed by atoms with Gasteiger partial charge in [0.2, 0.25) is 0 Å². The molecule has 0 aromatic carbocycles. The van der Waals surface area contributed by atoms with Gasteiger partial charge in [-0.25, -0.2) is 0 Å². The molecule has 1 aliphatic carbocycles. The first kappa shape index (κ1) is 6.12. The van der Waals surface area contributed by atoms with E-state index in [0.717, 1.165) is 11.8 Å². The predicted octanol–water partition coefficient (Wildman–Crippen LogP) is 2.83. The van der Waals surface area contributed by atoms with Gasteiger partial charge in [-0.2, -0.15) is 0 Å². The Balaban J connectivity index is 2.16. The van der Waals surface area contributed by atoms with Gasteiger partial charge in [-0.15, -0.1) is 0 Å². The fraction of sp³-hybridized carbons (Fsp3) is 1.00. The molecule has 0 spiro atoms. The van der Waals surface area contributed by atoms with Gasteiger partial charge in [0.15, 0.2) is 0 Å². The lowest BCUT2D eigenvalue weighted by Crippen LogP contribution is -2.23. The van der Waals surface area contributed by atoms with E-state index >= 15 is 0 Å². The Hall–Kier alpha value is 0. The van der Waals surface area contributed by atoms with Gasteiger partial charge in [-0.05, 0) is 24.7 Å². The SMILES string of the molecule is CC[C@@H]1CC[C@H]1CC. The lowest BCUT2D eigenvalue weighted by molar-refractivity contribution is 0.165. The Labute approximate surface area is 52.3 Å². The molecule has 0 heteroatoms. The first-order chi connectivity index (χ1) is 3.88. The molecule has 1 saturated carbocycles. The van der Waals surface area contributed by atoms with E-state index in [4.69, 9.17) is 0 Å². The van der Waals surface area contributed by atoms with E-state index in [0.29, 0.717) is 0 Å². The highest BCUT2D eigenvalue weighted by Gasteiger charge is 2.26. The Morgan fingerprint density at radius 3 is 1.50 bits per heavy atom. The topological polar surface area (TPSA) is 0 Å². The number of hydrogen-bond donors (Lipinski definition) is 0. The first-order valence-electron chi connectivity index (χ1n) is 3.88. The van der Waals surface area contributed by atoms with Crippen LogP contribution in [0.4, 0.5) is 0 Å². The molecular formula is C8H16. The fourth-order valence-corrected chi connectivity index (χ4v) is 1.71. The third kappa shape index (κ3) is 0.888. The van der Waals surface area contributed by atoms with E-state index in [-0.39, 0.29) is 0 Å². The molecule has 0 radical (unpaired) electrons. The summed E-state index contributed by atoms with van der Waals surface area (Å²) in [6, 6.07) is 0. The minimum absolute atomic E-state index is 1.10. The van der Waals surface area contributed by atoms with Crippen molar-refractivity contribution < 1.29 is 0 Å². The van der Waals surface area contributed by atoms with Crippen molar-refractivity contribution in [1.29, 1.82) is 0 Å². The molecule has 0 aromatic heterocycles. The van der Waals surface area contributed by atoms with Crippen LogP contribution in [0.5, 0.6) is 0 Å². The summed E-state index contributed by atoms with van der Waals surface area (Å²) < 4.78 is 0. The first-order valence-corrected chi connectivity index (χ1v) is 3.88. The predicted molar refractivity (Wildman–Crippen MR) is 36.8 cm³/mol. The van der Waals surface area contributed by atoms with Gasteiger partial charge in [0.1, 0.15) is 0 Å². The van der Waals surface area contributed by atoms with Crippen molar-refractivity contribution in [2.24, 2.45) is 11.8 Å². The monoisotopic (exact) mass is 112 g/mol. The van der Waals surface area contributed by atoms with E-state index in [1.165, 1.54) is 25.7 Å². The zero-order valence-electron chi connectivity index (χ0n) is 5.98. The van der Waals surface area contributed by atoms with Crippen LogP contribution in [0.1, 0.15) is 39.5 Å². The van der Waals surface area contributed by atoms with Crippen molar-refractivity contribution in [3.05, 3.63) is 0 Å². The second kappa shape index (κ2) is 2.52. The molecule has 0 saturated heterocycles. The second-order valence-electron chi connectivity index (χ2n) is 2.91. The third-order valence-corrected chi connectivity index (χ3v) is 2.62. The molecule has 0 nitrogen and oxygen atoms in total. The van der Waals surface area contributed by atoms with E-state index in [1.807, 2.05) is 0 Å². The maximum absolute atomic E-state index is 2.31. The van der Waals surface area contributed by atoms with Crippen LogP contribution in [-0.4, -0.2) is 0 Å². The van der Waals surface area contributed by atoms with Crippen LogP contribution in [0.3, 0.4) is 0 Å². The highest BCUT2D eigenvalue weighted by molar-refractivity contribution is 4.77. The van der Waals surface area contributed by atoms with Crippen LogP contribution in [0.25, 0.3) is 0 Å². The number of hydrogen-bond acceptors (Lipinski definition) is 0. The maximum atomic E-state index is 2.31. The van der Waals surface area contributed by atoms with Gasteiger partial charge >= 0.3 is 0 Å². The van der Waals surface area contributed by atoms with Gasteiger partial charge in [0, 0.05) is 0 Å². The van der Waals surface area contributed by atoms with Crippen LogP contribution in [0.2, 0.25) is 0 Å². The molecule has 0 amide bonds. The van der Waals surface area contributed by atoms with Crippen molar-refractivity contribution in [3.63, 3.8) is 0 Å². The molecule has 48 valence electrons. The highest BCUT2D eigenvalue weighted by Crippen LogP contribution is 2.38. The summed E-state index contributed by atoms with van der Waals surface area (Å²) in [6.45, 7) is 4.62. The van der Waals surface area contributed by atoms with Crippen LogP contribution >= 0.6 is 0 Å². The summed E-state index contributed by atoms with van der Waals surface area (Å²) in [7, 11) is 0. The van der Waals surface area contributed by atoms with Crippen LogP contribution < -0.4 is 0 Å². The molecule has 0 N–H and O–H groups in total. The Kier molecular flexibility index (Phi) is 1.93. The Morgan fingerprint density at radius 1 is 1.00 bits per heavy atom. The molecule has 1 rings (SSSR count). The van der Waals surface area contributed by atoms with Gasteiger partial charge in [0.05, 0.1) is 0 Å². The standard InChI is InChI=1S/C8H16/c1-3-7-5-6-8(7)4-2/h7-8H,3-6H2,1-2H3/t7-,8-/m1/s1. The van der Waals surface area contributed by atoms with Crippen LogP contribution in [0, 0.1) is 11.8 Å². The maximum Gasteiger partial charge on any atom is -0.0388 e. The second-order valence-corrected chi connectivity index (χ2v) is 2.91. The average Bonchev–Trinajstić information content (AvgIpc) is 1.66. The normalized spacial score (nSPS) is 36.8. The van der Waals surface area contributed by atoms with Gasteiger partial charge in [0.25, 0.3) is 0 Å². The number of rotatable bonds is 2. The smallest absolute Gasteiger partial charge is 0.0388 e.